The summed E-state index contributed by atoms with van der Waals surface area (Å²) in [7, 11) is 0. The minimum absolute atomic E-state index is 0.814. The summed E-state index contributed by atoms with van der Waals surface area (Å²) in [6.45, 7) is 4.57. The quantitative estimate of drug-likeness (QED) is 0.716. The van der Waals surface area contributed by atoms with Crippen molar-refractivity contribution in [2.45, 2.75) is 40.3 Å². The van der Waals surface area contributed by atoms with E-state index >= 15 is 0 Å². The second kappa shape index (κ2) is 3.61. The van der Waals surface area contributed by atoms with Gasteiger partial charge >= 0.3 is 0 Å². The highest BCUT2D eigenvalue weighted by molar-refractivity contribution is 8.03. The molecule has 4 aliphatic heterocycles. The van der Waals surface area contributed by atoms with Gasteiger partial charge in [0.1, 0.15) is 0 Å². The van der Waals surface area contributed by atoms with Crippen LogP contribution in [0.15, 0.2) is 12.8 Å². The summed E-state index contributed by atoms with van der Waals surface area (Å²) in [6.07, 6.45) is 6.03. The average molecular weight is 254 g/mol. The maximum absolute atomic E-state index is 5.44. The van der Waals surface area contributed by atoms with Crippen molar-refractivity contribution in [3.8, 4) is 0 Å². The van der Waals surface area contributed by atoms with Gasteiger partial charge in [0, 0.05) is 26.9 Å². The van der Waals surface area contributed by atoms with Crippen molar-refractivity contribution in [3.63, 3.8) is 0 Å². The van der Waals surface area contributed by atoms with Gasteiger partial charge in [0.2, 0.25) is 0 Å². The maximum Gasteiger partial charge on any atom is 0.0912 e. The fourth-order valence-corrected chi connectivity index (χ4v) is 9.03. The van der Waals surface area contributed by atoms with Crippen molar-refractivity contribution in [2.75, 3.05) is 6.61 Å². The van der Waals surface area contributed by atoms with Gasteiger partial charge in [-0.1, -0.05) is 6.58 Å². The monoisotopic (exact) mass is 254 g/mol. The first-order valence-electron chi connectivity index (χ1n) is 6.42. The zero-order valence-electron chi connectivity index (χ0n) is 9.38. The summed E-state index contributed by atoms with van der Waals surface area (Å²) >= 11 is 4.62. The minimum atomic E-state index is 0.814. The Hall–Kier alpha value is 0.240. The van der Waals surface area contributed by atoms with Gasteiger partial charge in [-0.25, -0.2) is 0 Å². The Labute approximate surface area is 106 Å². The van der Waals surface area contributed by atoms with Gasteiger partial charge in [-0.15, -0.1) is 0 Å². The normalized spacial score (nSPS) is 56.6. The van der Waals surface area contributed by atoms with E-state index in [1.54, 1.807) is 6.26 Å². The van der Waals surface area contributed by atoms with Gasteiger partial charge < -0.3 is 4.74 Å². The van der Waals surface area contributed by atoms with E-state index in [2.05, 4.69) is 30.1 Å². The molecule has 4 heterocycles. The molecule has 4 rings (SSSR count). The van der Waals surface area contributed by atoms with E-state index in [1.165, 1.54) is 19.3 Å². The molecule has 3 heteroatoms. The van der Waals surface area contributed by atoms with Crippen molar-refractivity contribution < 1.29 is 4.74 Å². The Bertz CT molecular complexity index is 319. The lowest BCUT2D eigenvalue weighted by Crippen LogP contribution is -2.40. The summed E-state index contributed by atoms with van der Waals surface area (Å²) in [4.78, 5) is 0. The van der Waals surface area contributed by atoms with E-state index in [-0.39, 0.29) is 0 Å². The van der Waals surface area contributed by atoms with Crippen LogP contribution in [0, 0.1) is 17.8 Å². The molecule has 4 fully saturated rings. The van der Waals surface area contributed by atoms with Crippen LogP contribution in [-0.2, 0) is 4.74 Å². The molecule has 0 radical (unpaired) electrons. The van der Waals surface area contributed by atoms with E-state index in [4.69, 9.17) is 4.74 Å². The van der Waals surface area contributed by atoms with Crippen LogP contribution in [0.4, 0.5) is 0 Å². The topological polar surface area (TPSA) is 9.23 Å². The van der Waals surface area contributed by atoms with Crippen LogP contribution in [0.2, 0.25) is 0 Å². The van der Waals surface area contributed by atoms with E-state index in [0.717, 1.165) is 45.4 Å². The lowest BCUT2D eigenvalue weighted by molar-refractivity contribution is 0.131. The predicted molar refractivity (Wildman–Crippen MR) is 70.8 cm³/mol. The summed E-state index contributed by atoms with van der Waals surface area (Å²) in [5, 5.41) is 3.91. The first-order valence-corrected chi connectivity index (χ1v) is 8.30. The highest BCUT2D eigenvalue weighted by Gasteiger charge is 2.63. The molecule has 0 aromatic heterocycles. The van der Waals surface area contributed by atoms with Gasteiger partial charge in [-0.2, -0.15) is 23.5 Å². The zero-order chi connectivity index (χ0) is 10.7. The van der Waals surface area contributed by atoms with Crippen molar-refractivity contribution in [1.82, 2.24) is 0 Å². The number of fused-ring (bicyclic) bond motifs is 9. The molecule has 0 aromatic rings. The molecule has 7 unspecified atom stereocenters. The molecule has 7 atom stereocenters. The third-order valence-corrected chi connectivity index (χ3v) is 8.63. The Balaban J connectivity index is 1.54. The van der Waals surface area contributed by atoms with E-state index in [1.807, 2.05) is 0 Å². The second-order valence-electron chi connectivity index (χ2n) is 5.58. The predicted octanol–water partition coefficient (Wildman–Crippen LogP) is 3.16. The smallest absolute Gasteiger partial charge is 0.0912 e. The molecule has 4 bridgehead atoms. The standard InChI is InChI=1S/C13H18OS2/c1-2-14-6-7-5-10-11-8-3-4-9(15-8)12(11)13(7)16-10/h2,7-13H,1,3-6H2. The van der Waals surface area contributed by atoms with Crippen molar-refractivity contribution in [3.05, 3.63) is 12.8 Å². The lowest BCUT2D eigenvalue weighted by Gasteiger charge is -2.35. The molecule has 0 saturated carbocycles. The molecule has 0 N–H and O–H groups in total. The average Bonchev–Trinajstić information content (AvgIpc) is 3.02. The molecule has 1 nitrogen and oxygen atoms in total. The van der Waals surface area contributed by atoms with Crippen LogP contribution in [0.25, 0.3) is 0 Å². The number of thioether (sulfide) groups is 2. The molecule has 0 amide bonds. The Morgan fingerprint density at radius 2 is 1.94 bits per heavy atom. The summed E-state index contributed by atoms with van der Waals surface area (Å²) < 4.78 is 5.44. The molecule has 4 aliphatic rings. The zero-order valence-corrected chi connectivity index (χ0v) is 11.0. The summed E-state index contributed by atoms with van der Waals surface area (Å²) in [5.74, 6) is 2.92. The van der Waals surface area contributed by atoms with Crippen molar-refractivity contribution in [2.24, 2.45) is 17.8 Å². The van der Waals surface area contributed by atoms with E-state index in [0.29, 0.717) is 0 Å². The number of hydrogen-bond acceptors (Lipinski definition) is 3. The SMILES string of the molecule is C=COCC1CC2SC1C1C3CCC(S3)C21. The van der Waals surface area contributed by atoms with Crippen LogP contribution in [0.3, 0.4) is 0 Å². The molecular formula is C13H18OS2. The van der Waals surface area contributed by atoms with Crippen LogP contribution in [-0.4, -0.2) is 27.6 Å². The first-order chi connectivity index (χ1) is 7.88. The van der Waals surface area contributed by atoms with E-state index < -0.39 is 0 Å². The highest BCUT2D eigenvalue weighted by Crippen LogP contribution is 2.68. The minimum Gasteiger partial charge on any atom is -0.501 e. The van der Waals surface area contributed by atoms with Crippen molar-refractivity contribution >= 4 is 23.5 Å². The molecule has 88 valence electrons. The van der Waals surface area contributed by atoms with E-state index in [9.17, 15) is 0 Å². The number of rotatable bonds is 3. The van der Waals surface area contributed by atoms with Crippen molar-refractivity contribution in [1.29, 1.82) is 0 Å². The highest BCUT2D eigenvalue weighted by atomic mass is 32.2. The molecule has 0 aromatic carbocycles. The Kier molecular flexibility index (Phi) is 2.30. The fourth-order valence-electron chi connectivity index (χ4n) is 4.48. The second-order valence-corrected chi connectivity index (χ2v) is 8.49. The summed E-state index contributed by atoms with van der Waals surface area (Å²) in [5.41, 5.74) is 0. The fraction of sp³-hybridized carbons (Fsp3) is 0.846. The molecule has 16 heavy (non-hydrogen) atoms. The molecule has 4 saturated heterocycles. The van der Waals surface area contributed by atoms with Gasteiger partial charge in [-0.3, -0.25) is 0 Å². The third kappa shape index (κ3) is 1.22. The Morgan fingerprint density at radius 1 is 1.12 bits per heavy atom. The summed E-state index contributed by atoms with van der Waals surface area (Å²) in [6, 6.07) is 0. The number of hydrogen-bond donors (Lipinski definition) is 0. The van der Waals surface area contributed by atoms with Crippen LogP contribution in [0.1, 0.15) is 19.3 Å². The molecule has 0 aliphatic carbocycles. The maximum atomic E-state index is 5.44. The van der Waals surface area contributed by atoms with Crippen LogP contribution in [0.5, 0.6) is 0 Å². The van der Waals surface area contributed by atoms with Gasteiger partial charge in [0.15, 0.2) is 0 Å². The van der Waals surface area contributed by atoms with Gasteiger partial charge in [0.25, 0.3) is 0 Å². The lowest BCUT2D eigenvalue weighted by atomic mass is 9.68. The van der Waals surface area contributed by atoms with Gasteiger partial charge in [-0.05, 0) is 31.1 Å². The number of ether oxygens (including phenoxy) is 1. The van der Waals surface area contributed by atoms with Crippen LogP contribution >= 0.6 is 23.5 Å². The third-order valence-electron chi connectivity index (χ3n) is 4.96. The van der Waals surface area contributed by atoms with Gasteiger partial charge in [0.05, 0.1) is 12.9 Å². The Morgan fingerprint density at radius 3 is 2.75 bits per heavy atom. The van der Waals surface area contributed by atoms with Crippen LogP contribution < -0.4 is 0 Å². The molecular weight excluding hydrogens is 236 g/mol. The molecule has 0 spiro atoms. The first kappa shape index (κ1) is 10.2. The largest absolute Gasteiger partial charge is 0.501 e.